The number of aromatic nitrogens is 5. The maximum absolute atomic E-state index is 13.2. The van der Waals surface area contributed by atoms with Gasteiger partial charge >= 0.3 is 0 Å². The van der Waals surface area contributed by atoms with E-state index in [-0.39, 0.29) is 5.56 Å². The lowest BCUT2D eigenvalue weighted by atomic mass is 9.78. The van der Waals surface area contributed by atoms with Gasteiger partial charge in [0.25, 0.3) is 5.56 Å². The molecule has 1 spiro atoms. The fourth-order valence-electron chi connectivity index (χ4n) is 4.36. The van der Waals surface area contributed by atoms with E-state index in [1.54, 1.807) is 23.9 Å². The molecule has 5 rings (SSSR count). The maximum Gasteiger partial charge on any atom is 0.266 e. The second-order valence-corrected chi connectivity index (χ2v) is 8.98. The average Bonchev–Trinajstić information content (AvgIpc) is 3.35. The molecule has 0 amide bonds. The van der Waals surface area contributed by atoms with Crippen molar-refractivity contribution in [3.63, 3.8) is 0 Å². The summed E-state index contributed by atoms with van der Waals surface area (Å²) in [6.07, 6.45) is 4.82. The summed E-state index contributed by atoms with van der Waals surface area (Å²) in [5.41, 5.74) is 1.86. The quantitative estimate of drug-likeness (QED) is 0.568. The zero-order valence-corrected chi connectivity index (χ0v) is 18.3. The Kier molecular flexibility index (Phi) is 4.64. The van der Waals surface area contributed by atoms with Gasteiger partial charge in [0.05, 0.1) is 16.8 Å². The summed E-state index contributed by atoms with van der Waals surface area (Å²) in [4.78, 5) is 24.2. The Morgan fingerprint density at radius 2 is 2.10 bits per heavy atom. The molecule has 0 aliphatic carbocycles. The number of pyridine rings is 1. The molecule has 0 aromatic carbocycles. The van der Waals surface area contributed by atoms with Crippen LogP contribution >= 0.6 is 27.5 Å². The fourth-order valence-corrected chi connectivity index (χ4v) is 4.95. The molecule has 8 nitrogen and oxygen atoms in total. The van der Waals surface area contributed by atoms with Crippen LogP contribution in [0.3, 0.4) is 0 Å². The number of rotatable bonds is 2. The van der Waals surface area contributed by atoms with Gasteiger partial charge in [-0.1, -0.05) is 11.6 Å². The van der Waals surface area contributed by atoms with Gasteiger partial charge in [0.15, 0.2) is 5.65 Å². The molecule has 3 aromatic heterocycles. The molecule has 0 bridgehead atoms. The first kappa shape index (κ1) is 19.0. The first-order chi connectivity index (χ1) is 14.0. The number of anilines is 1. The number of hydrogen-bond donors (Lipinski definition) is 1. The molecule has 0 radical (unpaired) electrons. The first-order valence-corrected chi connectivity index (χ1v) is 10.7. The third-order valence-electron chi connectivity index (χ3n) is 6.18. The SMILES string of the molecule is Cn1c(N2CCC3(CCOC3)CC2)nc2n[nH]c(-c3ccnc(Cl)c3Br)c2c1=O. The molecule has 2 saturated heterocycles. The number of halogens is 2. The van der Waals surface area contributed by atoms with Crippen LogP contribution in [-0.2, 0) is 11.8 Å². The summed E-state index contributed by atoms with van der Waals surface area (Å²) in [6.45, 7) is 3.42. The van der Waals surface area contributed by atoms with Gasteiger partial charge in [-0.3, -0.25) is 14.5 Å². The Morgan fingerprint density at radius 1 is 1.31 bits per heavy atom. The van der Waals surface area contributed by atoms with E-state index < -0.39 is 0 Å². The van der Waals surface area contributed by atoms with Crippen LogP contribution in [0.25, 0.3) is 22.3 Å². The van der Waals surface area contributed by atoms with E-state index in [1.807, 2.05) is 0 Å². The van der Waals surface area contributed by atoms with Crippen molar-refractivity contribution in [3.8, 4) is 11.3 Å². The Labute approximate surface area is 180 Å². The minimum Gasteiger partial charge on any atom is -0.381 e. The van der Waals surface area contributed by atoms with Crippen molar-refractivity contribution in [3.05, 3.63) is 32.2 Å². The lowest BCUT2D eigenvalue weighted by Gasteiger charge is -2.39. The minimum atomic E-state index is -0.141. The predicted octanol–water partition coefficient (Wildman–Crippen LogP) is 3.14. The highest BCUT2D eigenvalue weighted by molar-refractivity contribution is 9.10. The molecule has 2 fully saturated rings. The van der Waals surface area contributed by atoms with E-state index in [4.69, 9.17) is 21.3 Å². The molecule has 1 N–H and O–H groups in total. The largest absolute Gasteiger partial charge is 0.381 e. The minimum absolute atomic E-state index is 0.141. The zero-order chi connectivity index (χ0) is 20.2. The number of H-pyrrole nitrogens is 1. The van der Waals surface area contributed by atoms with Crippen molar-refractivity contribution >= 4 is 44.5 Å². The van der Waals surface area contributed by atoms with Crippen molar-refractivity contribution in [1.82, 2.24) is 24.7 Å². The fraction of sp³-hybridized carbons (Fsp3) is 0.474. The predicted molar refractivity (Wildman–Crippen MR) is 114 cm³/mol. The van der Waals surface area contributed by atoms with Gasteiger partial charge in [-0.05, 0) is 46.7 Å². The number of piperidine rings is 1. The van der Waals surface area contributed by atoms with Crippen LogP contribution in [0.15, 0.2) is 21.5 Å². The van der Waals surface area contributed by atoms with Crippen LogP contribution in [0.2, 0.25) is 5.15 Å². The molecule has 0 atom stereocenters. The van der Waals surface area contributed by atoms with E-state index in [0.29, 0.717) is 37.7 Å². The number of fused-ring (bicyclic) bond motifs is 1. The molecule has 0 unspecified atom stereocenters. The Bertz CT molecular complexity index is 1140. The van der Waals surface area contributed by atoms with Crippen LogP contribution in [-0.4, -0.2) is 51.0 Å². The van der Waals surface area contributed by atoms with Crippen molar-refractivity contribution in [1.29, 1.82) is 0 Å². The standard InChI is InChI=1S/C19H20BrClN6O2/c1-26-17(28)12-14(11-2-6-22-15(21)13(11)20)24-25-16(12)23-18(26)27-7-3-19(4-8-27)5-9-29-10-19/h2,6H,3-5,7-10H2,1H3,(H,24,25). The van der Waals surface area contributed by atoms with Gasteiger partial charge in [0.1, 0.15) is 10.5 Å². The summed E-state index contributed by atoms with van der Waals surface area (Å²) in [7, 11) is 1.76. The second-order valence-electron chi connectivity index (χ2n) is 7.83. The van der Waals surface area contributed by atoms with E-state index in [9.17, 15) is 4.79 Å². The molecule has 5 heterocycles. The van der Waals surface area contributed by atoms with Gasteiger partial charge in [-0.15, -0.1) is 0 Å². The maximum atomic E-state index is 13.2. The molecule has 2 aliphatic rings. The van der Waals surface area contributed by atoms with Crippen LogP contribution in [0.5, 0.6) is 0 Å². The molecule has 152 valence electrons. The summed E-state index contributed by atoms with van der Waals surface area (Å²) in [5, 5.41) is 8.04. The smallest absolute Gasteiger partial charge is 0.266 e. The van der Waals surface area contributed by atoms with E-state index in [2.05, 4.69) is 36.0 Å². The molecule has 0 saturated carbocycles. The summed E-state index contributed by atoms with van der Waals surface area (Å²) in [5.74, 6) is 0.654. The Balaban J connectivity index is 1.54. The van der Waals surface area contributed by atoms with Crippen LogP contribution in [0.4, 0.5) is 5.95 Å². The van der Waals surface area contributed by atoms with Crippen molar-refractivity contribution < 1.29 is 4.74 Å². The van der Waals surface area contributed by atoms with E-state index in [1.165, 1.54) is 0 Å². The first-order valence-electron chi connectivity index (χ1n) is 9.57. The third kappa shape index (κ3) is 3.06. The molecule has 29 heavy (non-hydrogen) atoms. The van der Waals surface area contributed by atoms with Crippen molar-refractivity contribution in [2.45, 2.75) is 19.3 Å². The number of aromatic amines is 1. The van der Waals surface area contributed by atoms with Gasteiger partial charge in [-0.2, -0.15) is 10.1 Å². The van der Waals surface area contributed by atoms with Crippen molar-refractivity contribution in [2.75, 3.05) is 31.2 Å². The number of nitrogens with one attached hydrogen (secondary N) is 1. The van der Waals surface area contributed by atoms with E-state index in [0.717, 1.165) is 51.1 Å². The van der Waals surface area contributed by atoms with Crippen LogP contribution in [0.1, 0.15) is 19.3 Å². The van der Waals surface area contributed by atoms with Gasteiger partial charge in [0, 0.05) is 38.5 Å². The summed E-state index contributed by atoms with van der Waals surface area (Å²) < 4.78 is 7.84. The monoisotopic (exact) mass is 478 g/mol. The summed E-state index contributed by atoms with van der Waals surface area (Å²) >= 11 is 9.57. The lowest BCUT2D eigenvalue weighted by molar-refractivity contribution is 0.133. The van der Waals surface area contributed by atoms with Gasteiger partial charge < -0.3 is 9.64 Å². The highest BCUT2D eigenvalue weighted by Crippen LogP contribution is 2.40. The Hall–Kier alpha value is -1.97. The van der Waals surface area contributed by atoms with E-state index >= 15 is 0 Å². The van der Waals surface area contributed by atoms with Crippen molar-refractivity contribution in [2.24, 2.45) is 12.5 Å². The molecular weight excluding hydrogens is 460 g/mol. The number of ether oxygens (including phenoxy) is 1. The molecule has 3 aromatic rings. The van der Waals surface area contributed by atoms with Crippen LogP contribution < -0.4 is 10.5 Å². The van der Waals surface area contributed by atoms with Crippen LogP contribution in [0, 0.1) is 5.41 Å². The highest BCUT2D eigenvalue weighted by Gasteiger charge is 2.38. The topological polar surface area (TPSA) is 88.9 Å². The van der Waals surface area contributed by atoms with Gasteiger partial charge in [0.2, 0.25) is 5.95 Å². The average molecular weight is 480 g/mol. The lowest BCUT2D eigenvalue weighted by Crippen LogP contribution is -2.43. The normalized spacial score (nSPS) is 18.8. The molecular formula is C19H20BrClN6O2. The Morgan fingerprint density at radius 3 is 2.83 bits per heavy atom. The molecule has 2 aliphatic heterocycles. The zero-order valence-electron chi connectivity index (χ0n) is 15.9. The third-order valence-corrected chi connectivity index (χ3v) is 7.50. The summed E-state index contributed by atoms with van der Waals surface area (Å²) in [6, 6.07) is 1.78. The second kappa shape index (κ2) is 7.07. The highest BCUT2D eigenvalue weighted by atomic mass is 79.9. The number of nitrogens with zero attached hydrogens (tertiary/aromatic N) is 5. The molecule has 10 heteroatoms. The van der Waals surface area contributed by atoms with Gasteiger partial charge in [-0.25, -0.2) is 4.98 Å². The number of hydrogen-bond acceptors (Lipinski definition) is 6.